The van der Waals surface area contributed by atoms with E-state index < -0.39 is 39.8 Å². The molecule has 0 amide bonds. The molecule has 0 aromatic heterocycles. The van der Waals surface area contributed by atoms with Gasteiger partial charge in [0.1, 0.15) is 16.9 Å². The average molecular weight is 275 g/mol. The van der Waals surface area contributed by atoms with Crippen molar-refractivity contribution in [3.8, 4) is 5.75 Å². The molecule has 0 saturated carbocycles. The third-order valence-electron chi connectivity index (χ3n) is 1.92. The number of alkyl halides is 6. The Morgan fingerprint density at radius 2 is 1.33 bits per heavy atom. The van der Waals surface area contributed by atoms with Crippen LogP contribution in [0.25, 0.3) is 0 Å². The van der Waals surface area contributed by atoms with Gasteiger partial charge in [-0.05, 0) is 0 Å². The van der Waals surface area contributed by atoms with Crippen LogP contribution in [0.4, 0.5) is 32.0 Å². The van der Waals surface area contributed by atoms with Gasteiger partial charge in [-0.1, -0.05) is 0 Å². The van der Waals surface area contributed by atoms with E-state index in [-0.39, 0.29) is 12.1 Å². The number of nitrogens with zero attached hydrogens (tertiary/aromatic N) is 1. The van der Waals surface area contributed by atoms with Gasteiger partial charge in [0.25, 0.3) is 5.69 Å². The van der Waals surface area contributed by atoms with Gasteiger partial charge < -0.3 is 5.11 Å². The number of halogens is 6. The molecular weight excluding hydrogens is 272 g/mol. The fraction of sp³-hybridized carbons (Fsp3) is 0.250. The molecule has 0 unspecified atom stereocenters. The lowest BCUT2D eigenvalue weighted by atomic mass is 10.1. The minimum Gasteiger partial charge on any atom is -0.507 e. The minimum absolute atomic E-state index is 0.162. The Hall–Kier alpha value is -2.00. The van der Waals surface area contributed by atoms with E-state index in [0.717, 1.165) is 0 Å². The maximum atomic E-state index is 12.3. The number of rotatable bonds is 1. The van der Waals surface area contributed by atoms with Crippen LogP contribution in [0.2, 0.25) is 0 Å². The van der Waals surface area contributed by atoms with Crippen LogP contribution in [0.15, 0.2) is 12.1 Å². The normalized spacial score (nSPS) is 12.6. The second-order valence-electron chi connectivity index (χ2n) is 3.14. The van der Waals surface area contributed by atoms with Crippen LogP contribution < -0.4 is 0 Å². The molecule has 10 heteroatoms. The van der Waals surface area contributed by atoms with Gasteiger partial charge in [-0.3, -0.25) is 10.1 Å². The van der Waals surface area contributed by atoms with Gasteiger partial charge in [0.15, 0.2) is 0 Å². The molecule has 1 rings (SSSR count). The van der Waals surface area contributed by atoms with E-state index >= 15 is 0 Å². The predicted octanol–water partition coefficient (Wildman–Crippen LogP) is 3.34. The van der Waals surface area contributed by atoms with Crippen molar-refractivity contribution >= 4 is 5.69 Å². The molecule has 1 aromatic rings. The molecule has 0 saturated heterocycles. The number of hydrogen-bond donors (Lipinski definition) is 1. The molecule has 0 atom stereocenters. The first-order valence-corrected chi connectivity index (χ1v) is 4.10. The monoisotopic (exact) mass is 275 g/mol. The van der Waals surface area contributed by atoms with E-state index in [1.807, 2.05) is 0 Å². The van der Waals surface area contributed by atoms with Crippen LogP contribution in [-0.4, -0.2) is 10.0 Å². The highest BCUT2D eigenvalue weighted by Gasteiger charge is 2.43. The first-order valence-electron chi connectivity index (χ1n) is 4.10. The lowest BCUT2D eigenvalue weighted by Gasteiger charge is -2.14. The first kappa shape index (κ1) is 14.1. The average Bonchev–Trinajstić information content (AvgIpc) is 2.13. The largest absolute Gasteiger partial charge is 0.507 e. The molecular formula is C8H3F6NO3. The smallest absolute Gasteiger partial charge is 0.420 e. The van der Waals surface area contributed by atoms with Crippen LogP contribution in [0.5, 0.6) is 5.75 Å². The van der Waals surface area contributed by atoms with Crippen molar-refractivity contribution in [1.82, 2.24) is 0 Å². The Morgan fingerprint density at radius 3 is 1.56 bits per heavy atom. The van der Waals surface area contributed by atoms with Gasteiger partial charge in [0.2, 0.25) is 0 Å². The summed E-state index contributed by atoms with van der Waals surface area (Å²) in [6.07, 6.45) is -10.7. The Bertz CT molecular complexity index is 458. The predicted molar refractivity (Wildman–Crippen MR) is 44.8 cm³/mol. The topological polar surface area (TPSA) is 63.4 Å². The van der Waals surface area contributed by atoms with Gasteiger partial charge in [-0.15, -0.1) is 0 Å². The van der Waals surface area contributed by atoms with Crippen molar-refractivity contribution < 1.29 is 36.4 Å². The van der Waals surface area contributed by atoms with E-state index in [1.165, 1.54) is 0 Å². The number of nitro benzene ring substituents is 1. The van der Waals surface area contributed by atoms with Crippen molar-refractivity contribution in [2.45, 2.75) is 12.4 Å². The highest BCUT2D eigenvalue weighted by atomic mass is 19.4. The van der Waals surface area contributed by atoms with Crippen molar-refractivity contribution in [2.24, 2.45) is 0 Å². The lowest BCUT2D eigenvalue weighted by Crippen LogP contribution is -2.12. The zero-order valence-corrected chi connectivity index (χ0v) is 8.13. The first-order chi connectivity index (χ1) is 7.94. The molecule has 0 aliphatic carbocycles. The molecule has 1 N–H and O–H groups in total. The summed E-state index contributed by atoms with van der Waals surface area (Å²) in [4.78, 5) is 8.85. The summed E-state index contributed by atoms with van der Waals surface area (Å²) in [6.45, 7) is 0. The molecule has 0 bridgehead atoms. The Kier molecular flexibility index (Phi) is 3.15. The molecule has 0 heterocycles. The maximum Gasteiger partial charge on any atom is 0.420 e. The summed E-state index contributed by atoms with van der Waals surface area (Å²) in [6, 6.07) is -0.324. The van der Waals surface area contributed by atoms with Crippen LogP contribution >= 0.6 is 0 Å². The highest BCUT2D eigenvalue weighted by molar-refractivity contribution is 5.51. The van der Waals surface area contributed by atoms with E-state index in [0.29, 0.717) is 0 Å². The quantitative estimate of drug-likeness (QED) is 0.485. The van der Waals surface area contributed by atoms with E-state index in [2.05, 4.69) is 0 Å². The molecule has 1 aromatic carbocycles. The molecule has 18 heavy (non-hydrogen) atoms. The molecule has 100 valence electrons. The van der Waals surface area contributed by atoms with Gasteiger partial charge in [-0.2, -0.15) is 26.3 Å². The Labute approximate surface area is 94.6 Å². The molecule has 0 radical (unpaired) electrons. The SMILES string of the molecule is O=[N+]([O-])c1cc(C(F)(F)F)c(O)c(C(F)(F)F)c1. The van der Waals surface area contributed by atoms with Crippen molar-refractivity contribution in [2.75, 3.05) is 0 Å². The summed E-state index contributed by atoms with van der Waals surface area (Å²) in [7, 11) is 0. The fourth-order valence-corrected chi connectivity index (χ4v) is 1.16. The van der Waals surface area contributed by atoms with Gasteiger partial charge >= 0.3 is 12.4 Å². The van der Waals surface area contributed by atoms with Crippen molar-refractivity contribution in [3.05, 3.63) is 33.4 Å². The summed E-state index contributed by atoms with van der Waals surface area (Å²) >= 11 is 0. The second kappa shape index (κ2) is 4.03. The summed E-state index contributed by atoms with van der Waals surface area (Å²) in [5.41, 5.74) is -5.62. The molecule has 0 aliphatic heterocycles. The Balaban J connectivity index is 3.64. The Morgan fingerprint density at radius 1 is 1.00 bits per heavy atom. The summed E-state index contributed by atoms with van der Waals surface area (Å²) in [5, 5.41) is 19.2. The number of phenols is 1. The standard InChI is InChI=1S/C8H3F6NO3/c9-7(10,11)4-1-3(15(17)18)2-5(6(4)16)8(12,13)14/h1-2,16H. The minimum atomic E-state index is -5.34. The number of benzene rings is 1. The molecule has 0 fully saturated rings. The third kappa shape index (κ3) is 2.63. The molecule has 4 nitrogen and oxygen atoms in total. The number of nitro groups is 1. The molecule has 0 spiro atoms. The van der Waals surface area contributed by atoms with Crippen LogP contribution in [0.1, 0.15) is 11.1 Å². The maximum absolute atomic E-state index is 12.3. The van der Waals surface area contributed by atoms with Crippen LogP contribution in [0, 0.1) is 10.1 Å². The van der Waals surface area contributed by atoms with E-state index in [4.69, 9.17) is 5.11 Å². The highest BCUT2D eigenvalue weighted by Crippen LogP contribution is 2.45. The second-order valence-corrected chi connectivity index (χ2v) is 3.14. The zero-order chi connectivity index (χ0) is 14.3. The lowest BCUT2D eigenvalue weighted by molar-refractivity contribution is -0.385. The number of phenolic OH excluding ortho intramolecular Hbond substituents is 1. The van der Waals surface area contributed by atoms with Crippen molar-refractivity contribution in [1.29, 1.82) is 0 Å². The van der Waals surface area contributed by atoms with E-state index in [1.54, 1.807) is 0 Å². The molecule has 0 aliphatic rings. The van der Waals surface area contributed by atoms with Crippen LogP contribution in [-0.2, 0) is 12.4 Å². The number of aromatic hydroxyl groups is 1. The van der Waals surface area contributed by atoms with Crippen LogP contribution in [0.3, 0.4) is 0 Å². The number of hydrogen-bond acceptors (Lipinski definition) is 3. The van der Waals surface area contributed by atoms with Gasteiger partial charge in [0, 0.05) is 12.1 Å². The van der Waals surface area contributed by atoms with Gasteiger partial charge in [-0.25, -0.2) is 0 Å². The summed E-state index contributed by atoms with van der Waals surface area (Å²) in [5.74, 6) is -2.08. The van der Waals surface area contributed by atoms with Gasteiger partial charge in [0.05, 0.1) is 4.92 Å². The zero-order valence-electron chi connectivity index (χ0n) is 8.13. The third-order valence-corrected chi connectivity index (χ3v) is 1.92. The van der Waals surface area contributed by atoms with Crippen molar-refractivity contribution in [3.63, 3.8) is 0 Å². The fourth-order valence-electron chi connectivity index (χ4n) is 1.16. The van der Waals surface area contributed by atoms with E-state index in [9.17, 15) is 36.5 Å². The summed E-state index contributed by atoms with van der Waals surface area (Å²) < 4.78 is 73.9. The number of non-ortho nitro benzene ring substituents is 1.